The van der Waals surface area contributed by atoms with Crippen LogP contribution < -0.4 is 15.4 Å². The van der Waals surface area contributed by atoms with Gasteiger partial charge in [-0.3, -0.25) is 9.48 Å². The third kappa shape index (κ3) is 4.75. The Morgan fingerprint density at radius 2 is 2.15 bits per heavy atom. The number of halogens is 3. The number of aryl methyl sites for hydroxylation is 1. The van der Waals surface area contributed by atoms with E-state index in [9.17, 15) is 13.6 Å². The number of nitrogens with one attached hydrogen (secondary N) is 2. The van der Waals surface area contributed by atoms with Crippen molar-refractivity contribution in [2.45, 2.75) is 31.7 Å². The van der Waals surface area contributed by atoms with Crippen LogP contribution in [0.2, 0.25) is 0 Å². The third-order valence-electron chi connectivity index (χ3n) is 4.61. The summed E-state index contributed by atoms with van der Waals surface area (Å²) >= 11 is 0. The maximum Gasteiger partial charge on any atom is 0.272 e. The average Bonchev–Trinajstić information content (AvgIpc) is 3.17. The molecule has 0 bridgehead atoms. The van der Waals surface area contributed by atoms with Crippen LogP contribution in [0.15, 0.2) is 36.7 Å². The molecule has 3 rings (SSSR count). The molecule has 2 N–H and O–H groups in total. The van der Waals surface area contributed by atoms with Gasteiger partial charge < -0.3 is 15.4 Å². The molecule has 0 radical (unpaired) electrons. The summed E-state index contributed by atoms with van der Waals surface area (Å²) in [6.45, 7) is 2.51. The predicted molar refractivity (Wildman–Crippen MR) is 101 cm³/mol. The molecule has 148 valence electrons. The van der Waals surface area contributed by atoms with Crippen molar-refractivity contribution in [3.8, 4) is 5.75 Å². The number of hydrogen-bond acceptors (Lipinski definition) is 4. The van der Waals surface area contributed by atoms with Gasteiger partial charge >= 0.3 is 0 Å². The molecule has 1 fully saturated rings. The molecule has 9 heteroatoms. The first-order valence-corrected chi connectivity index (χ1v) is 8.55. The smallest absolute Gasteiger partial charge is 0.272 e. The zero-order chi connectivity index (χ0) is 18.6. The number of aromatic nitrogens is 2. The standard InChI is InChI=1S/C18H22F2N4O2.ClH/c1-13-3-4-14(11-15(13)26-12-16(19)20)23-17(25)18(5-8-21-9-6-18)24-10-2-7-22-24;/h2-4,7,10-11,16,21H,5-6,8-9,12H2,1H3,(H,23,25);1H. The fraction of sp³-hybridized carbons (Fsp3) is 0.444. The number of carbonyl (C=O) groups is 1. The second-order valence-electron chi connectivity index (χ2n) is 6.37. The minimum absolute atomic E-state index is 0. The van der Waals surface area contributed by atoms with Gasteiger partial charge in [0.1, 0.15) is 17.9 Å². The van der Waals surface area contributed by atoms with Crippen molar-refractivity contribution in [1.82, 2.24) is 15.1 Å². The summed E-state index contributed by atoms with van der Waals surface area (Å²) in [5.41, 5.74) is 0.464. The van der Waals surface area contributed by atoms with Crippen molar-refractivity contribution in [2.75, 3.05) is 25.0 Å². The molecule has 1 aliphatic heterocycles. The molecular weight excluding hydrogens is 378 g/mol. The Bertz CT molecular complexity index is 750. The van der Waals surface area contributed by atoms with E-state index in [2.05, 4.69) is 15.7 Å². The summed E-state index contributed by atoms with van der Waals surface area (Å²) in [7, 11) is 0. The van der Waals surface area contributed by atoms with Gasteiger partial charge in [-0.1, -0.05) is 6.07 Å². The van der Waals surface area contributed by atoms with E-state index in [1.165, 1.54) is 0 Å². The molecule has 27 heavy (non-hydrogen) atoms. The largest absolute Gasteiger partial charge is 0.487 e. The quantitative estimate of drug-likeness (QED) is 0.782. The van der Waals surface area contributed by atoms with E-state index in [1.807, 2.05) is 0 Å². The predicted octanol–water partition coefficient (Wildman–Crippen LogP) is 2.97. The molecule has 1 aromatic carbocycles. The number of hydrogen-bond donors (Lipinski definition) is 2. The van der Waals surface area contributed by atoms with Crippen molar-refractivity contribution in [2.24, 2.45) is 0 Å². The number of carbonyl (C=O) groups excluding carboxylic acids is 1. The highest BCUT2D eigenvalue weighted by atomic mass is 35.5. The van der Waals surface area contributed by atoms with Crippen molar-refractivity contribution < 1.29 is 18.3 Å². The van der Waals surface area contributed by atoms with Gasteiger partial charge in [-0.05, 0) is 50.6 Å². The first kappa shape index (κ1) is 21.1. The Balaban J connectivity index is 0.00000261. The number of piperidine rings is 1. The number of rotatable bonds is 6. The van der Waals surface area contributed by atoms with Crippen molar-refractivity contribution >= 4 is 24.0 Å². The lowest BCUT2D eigenvalue weighted by Gasteiger charge is -2.36. The Hall–Kier alpha value is -2.19. The molecule has 6 nitrogen and oxygen atoms in total. The molecule has 0 unspecified atom stereocenters. The lowest BCUT2D eigenvalue weighted by atomic mass is 9.87. The highest BCUT2D eigenvalue weighted by molar-refractivity contribution is 5.97. The maximum atomic E-state index is 13.1. The summed E-state index contributed by atoms with van der Waals surface area (Å²) in [5, 5.41) is 10.4. The maximum absolute atomic E-state index is 13.1. The topological polar surface area (TPSA) is 68.2 Å². The van der Waals surface area contributed by atoms with E-state index in [0.29, 0.717) is 37.4 Å². The highest BCUT2D eigenvalue weighted by Gasteiger charge is 2.42. The second-order valence-corrected chi connectivity index (χ2v) is 6.37. The summed E-state index contributed by atoms with van der Waals surface area (Å²) in [4.78, 5) is 13.1. The van der Waals surface area contributed by atoms with E-state index in [-0.39, 0.29) is 18.3 Å². The first-order chi connectivity index (χ1) is 12.5. The lowest BCUT2D eigenvalue weighted by Crippen LogP contribution is -2.52. The van der Waals surface area contributed by atoms with E-state index < -0.39 is 18.6 Å². The fourth-order valence-electron chi connectivity index (χ4n) is 3.16. The first-order valence-electron chi connectivity index (χ1n) is 8.55. The van der Waals surface area contributed by atoms with Crippen LogP contribution >= 0.6 is 12.4 Å². The van der Waals surface area contributed by atoms with Gasteiger partial charge in [-0.25, -0.2) is 8.78 Å². The highest BCUT2D eigenvalue weighted by Crippen LogP contribution is 2.30. The van der Waals surface area contributed by atoms with Gasteiger partial charge in [0, 0.05) is 24.1 Å². The van der Waals surface area contributed by atoms with Gasteiger partial charge in [0.05, 0.1) is 0 Å². The van der Waals surface area contributed by atoms with Crippen LogP contribution in [-0.4, -0.2) is 41.8 Å². The number of amides is 1. The van der Waals surface area contributed by atoms with Crippen LogP contribution in [0.4, 0.5) is 14.5 Å². The third-order valence-corrected chi connectivity index (χ3v) is 4.61. The Kier molecular flexibility index (Phi) is 7.15. The minimum atomic E-state index is -2.55. The number of nitrogens with zero attached hydrogens (tertiary/aromatic N) is 2. The molecule has 1 aromatic heterocycles. The summed E-state index contributed by atoms with van der Waals surface area (Å²) in [6, 6.07) is 6.84. The summed E-state index contributed by atoms with van der Waals surface area (Å²) < 4.78 is 31.6. The Morgan fingerprint density at radius 3 is 2.78 bits per heavy atom. The molecule has 0 atom stereocenters. The Morgan fingerprint density at radius 1 is 1.41 bits per heavy atom. The molecule has 0 spiro atoms. The Labute approximate surface area is 162 Å². The van der Waals surface area contributed by atoms with Gasteiger partial charge in [0.25, 0.3) is 12.3 Å². The van der Waals surface area contributed by atoms with E-state index in [4.69, 9.17) is 4.74 Å². The van der Waals surface area contributed by atoms with Gasteiger partial charge in [0.15, 0.2) is 0 Å². The zero-order valence-corrected chi connectivity index (χ0v) is 15.8. The number of anilines is 1. The monoisotopic (exact) mass is 400 g/mol. The van der Waals surface area contributed by atoms with Crippen LogP contribution in [0.25, 0.3) is 0 Å². The molecule has 2 aromatic rings. The molecule has 1 amide bonds. The zero-order valence-electron chi connectivity index (χ0n) is 15.0. The number of alkyl halides is 2. The SMILES string of the molecule is Cc1ccc(NC(=O)C2(n3cccn3)CCNCC2)cc1OCC(F)F.Cl. The fourth-order valence-corrected chi connectivity index (χ4v) is 3.16. The summed E-state index contributed by atoms with van der Waals surface area (Å²) in [5.74, 6) is 0.160. The number of ether oxygens (including phenoxy) is 1. The van der Waals surface area contributed by atoms with Crippen LogP contribution in [0, 0.1) is 6.92 Å². The molecular formula is C18H23ClF2N4O2. The van der Waals surface area contributed by atoms with Gasteiger partial charge in [-0.2, -0.15) is 5.10 Å². The van der Waals surface area contributed by atoms with Crippen molar-refractivity contribution in [3.63, 3.8) is 0 Å². The average molecular weight is 401 g/mol. The van der Waals surface area contributed by atoms with Gasteiger partial charge in [0.2, 0.25) is 0 Å². The lowest BCUT2D eigenvalue weighted by molar-refractivity contribution is -0.126. The van der Waals surface area contributed by atoms with E-state index >= 15 is 0 Å². The molecule has 1 aliphatic rings. The normalized spacial score (nSPS) is 15.9. The number of benzene rings is 1. The van der Waals surface area contributed by atoms with Crippen molar-refractivity contribution in [3.05, 3.63) is 42.2 Å². The molecule has 0 aliphatic carbocycles. The summed E-state index contributed by atoms with van der Waals surface area (Å²) in [6.07, 6.45) is 2.11. The van der Waals surface area contributed by atoms with E-state index in [0.717, 1.165) is 5.56 Å². The molecule has 2 heterocycles. The van der Waals surface area contributed by atoms with Gasteiger partial charge in [-0.15, -0.1) is 12.4 Å². The van der Waals surface area contributed by atoms with E-state index in [1.54, 1.807) is 48.3 Å². The molecule has 1 saturated heterocycles. The van der Waals surface area contributed by atoms with Crippen LogP contribution in [0.1, 0.15) is 18.4 Å². The van der Waals surface area contributed by atoms with Crippen LogP contribution in [0.5, 0.6) is 5.75 Å². The second kappa shape index (κ2) is 9.14. The van der Waals surface area contributed by atoms with Crippen LogP contribution in [0.3, 0.4) is 0 Å². The van der Waals surface area contributed by atoms with Crippen LogP contribution in [-0.2, 0) is 10.3 Å². The van der Waals surface area contributed by atoms with Crippen molar-refractivity contribution in [1.29, 1.82) is 0 Å². The minimum Gasteiger partial charge on any atom is -0.487 e. The molecule has 0 saturated carbocycles.